The van der Waals surface area contributed by atoms with Gasteiger partial charge in [0.2, 0.25) is 0 Å². The van der Waals surface area contributed by atoms with Crippen molar-refractivity contribution >= 4 is 28.4 Å². The number of nitrogens with zero attached hydrogens (tertiary/aromatic N) is 3. The number of benzene rings is 1. The Labute approximate surface area is 181 Å². The Morgan fingerprint density at radius 2 is 2.23 bits per heavy atom. The molecule has 1 atom stereocenters. The monoisotopic (exact) mass is 440 g/mol. The molecule has 7 nitrogen and oxygen atoms in total. The second kappa shape index (κ2) is 7.79. The maximum Gasteiger partial charge on any atom is 0.171 e. The van der Waals surface area contributed by atoms with Gasteiger partial charge in [-0.05, 0) is 42.3 Å². The van der Waals surface area contributed by atoms with Gasteiger partial charge in [-0.25, -0.2) is 9.37 Å². The van der Waals surface area contributed by atoms with Gasteiger partial charge < -0.3 is 14.4 Å². The van der Waals surface area contributed by atoms with E-state index < -0.39 is 5.92 Å². The van der Waals surface area contributed by atoms with E-state index in [-0.39, 0.29) is 31.4 Å². The zero-order valence-corrected chi connectivity index (χ0v) is 17.1. The van der Waals surface area contributed by atoms with Crippen molar-refractivity contribution in [3.8, 4) is 17.0 Å². The molecule has 1 aromatic carbocycles. The summed E-state index contributed by atoms with van der Waals surface area (Å²) in [4.78, 5) is 18.0. The van der Waals surface area contributed by atoms with Crippen LogP contribution >= 0.6 is 11.6 Å². The van der Waals surface area contributed by atoms with E-state index in [0.29, 0.717) is 50.7 Å². The van der Waals surface area contributed by atoms with Gasteiger partial charge >= 0.3 is 0 Å². The minimum atomic E-state index is -0.439. The van der Waals surface area contributed by atoms with E-state index >= 15 is 0 Å². The summed E-state index contributed by atoms with van der Waals surface area (Å²) in [6, 6.07) is 7.94. The Bertz CT molecular complexity index is 1300. The van der Waals surface area contributed by atoms with Crippen molar-refractivity contribution in [2.75, 3.05) is 13.2 Å². The van der Waals surface area contributed by atoms with Crippen LogP contribution in [0.25, 0.3) is 22.3 Å². The number of aliphatic hydroxyl groups excluding tert-OH is 1. The molecule has 1 unspecified atom stereocenters. The second-order valence-corrected chi connectivity index (χ2v) is 7.83. The van der Waals surface area contributed by atoms with E-state index in [1.807, 2.05) is 6.07 Å². The normalized spacial score (nSPS) is 15.6. The fourth-order valence-corrected chi connectivity index (χ4v) is 4.18. The van der Waals surface area contributed by atoms with Crippen LogP contribution in [0.1, 0.15) is 15.9 Å². The van der Waals surface area contributed by atoms with Gasteiger partial charge in [0.1, 0.15) is 22.4 Å². The van der Waals surface area contributed by atoms with E-state index in [2.05, 4.69) is 15.2 Å². The van der Waals surface area contributed by atoms with Crippen molar-refractivity contribution in [3.05, 3.63) is 64.8 Å². The average Bonchev–Trinajstić information content (AvgIpc) is 3.36. The van der Waals surface area contributed by atoms with Crippen molar-refractivity contribution in [1.82, 2.24) is 19.7 Å². The maximum atomic E-state index is 13.6. The number of aromatic nitrogens is 4. The first-order valence-electron chi connectivity index (χ1n) is 9.80. The third kappa shape index (κ3) is 3.47. The molecule has 0 bridgehead atoms. The lowest BCUT2D eigenvalue weighted by molar-refractivity contribution is 0.0856. The number of fused-ring (bicyclic) bond motifs is 2. The molecule has 4 heterocycles. The lowest BCUT2D eigenvalue weighted by Gasteiger charge is -2.24. The van der Waals surface area contributed by atoms with Gasteiger partial charge in [-0.15, -0.1) is 0 Å². The number of aliphatic hydroxyl groups is 1. The van der Waals surface area contributed by atoms with Crippen molar-refractivity contribution in [1.29, 1.82) is 0 Å². The Morgan fingerprint density at radius 3 is 3.00 bits per heavy atom. The highest BCUT2D eigenvalue weighted by atomic mass is 35.5. The van der Waals surface area contributed by atoms with Crippen molar-refractivity contribution < 1.29 is 19.0 Å². The van der Waals surface area contributed by atoms with Gasteiger partial charge in [0.05, 0.1) is 36.6 Å². The molecular weight excluding hydrogens is 423 g/mol. The van der Waals surface area contributed by atoms with Crippen LogP contribution in [0.2, 0.25) is 5.15 Å². The first-order valence-corrected chi connectivity index (χ1v) is 10.2. The molecule has 0 fully saturated rings. The van der Waals surface area contributed by atoms with Crippen LogP contribution < -0.4 is 4.74 Å². The Hall–Kier alpha value is -3.23. The molecule has 158 valence electrons. The quantitative estimate of drug-likeness (QED) is 0.462. The van der Waals surface area contributed by atoms with Crippen LogP contribution in [0, 0.1) is 11.7 Å². The number of nitrogens with one attached hydrogen (secondary N) is 1. The summed E-state index contributed by atoms with van der Waals surface area (Å²) in [6.45, 7) is 0.407. The molecule has 5 rings (SSSR count). The molecule has 4 aromatic rings. The predicted molar refractivity (Wildman–Crippen MR) is 113 cm³/mol. The van der Waals surface area contributed by atoms with Crippen LogP contribution in [-0.2, 0) is 13.0 Å². The molecule has 2 N–H and O–H groups in total. The standard InChI is InChI=1S/C22H18ClFN4O3/c23-21-16(9-25-27-21)18-3-2-15-17(10-28(5-6-29)22(15)26-18)20(30)13-7-12-8-14(24)1-4-19(12)31-11-13/h1-4,8-10,13,29H,5-7,11H2,(H,25,27). The zero-order chi connectivity index (χ0) is 21.5. The fourth-order valence-electron chi connectivity index (χ4n) is 3.99. The number of ether oxygens (including phenoxy) is 1. The third-order valence-corrected chi connectivity index (χ3v) is 5.79. The molecule has 0 spiro atoms. The molecule has 0 amide bonds. The third-order valence-electron chi connectivity index (χ3n) is 5.50. The topological polar surface area (TPSA) is 93.0 Å². The van der Waals surface area contributed by atoms with Crippen LogP contribution in [-0.4, -0.2) is 43.9 Å². The minimum absolute atomic E-state index is 0.102. The predicted octanol–water partition coefficient (Wildman–Crippen LogP) is 3.65. The van der Waals surface area contributed by atoms with E-state index in [1.54, 1.807) is 29.1 Å². The summed E-state index contributed by atoms with van der Waals surface area (Å²) >= 11 is 6.14. The summed E-state index contributed by atoms with van der Waals surface area (Å²) in [5, 5.41) is 17.1. The van der Waals surface area contributed by atoms with Crippen LogP contribution in [0.4, 0.5) is 4.39 Å². The number of halogens is 2. The highest BCUT2D eigenvalue weighted by Gasteiger charge is 2.29. The van der Waals surface area contributed by atoms with Gasteiger partial charge in [-0.2, -0.15) is 5.10 Å². The molecule has 3 aromatic heterocycles. The molecule has 1 aliphatic heterocycles. The Kier molecular flexibility index (Phi) is 4.95. The Balaban J connectivity index is 1.53. The number of carbonyl (C=O) groups excluding carboxylic acids is 1. The molecule has 31 heavy (non-hydrogen) atoms. The summed E-state index contributed by atoms with van der Waals surface area (Å²) in [6.07, 6.45) is 3.69. The van der Waals surface area contributed by atoms with Gasteiger partial charge in [-0.1, -0.05) is 11.6 Å². The second-order valence-electron chi connectivity index (χ2n) is 7.45. The fraction of sp³-hybridized carbons (Fsp3) is 0.227. The van der Waals surface area contributed by atoms with Crippen molar-refractivity contribution in [3.63, 3.8) is 0 Å². The van der Waals surface area contributed by atoms with Gasteiger partial charge in [0, 0.05) is 23.7 Å². The van der Waals surface area contributed by atoms with Crippen LogP contribution in [0.5, 0.6) is 5.75 Å². The van der Waals surface area contributed by atoms with Crippen LogP contribution in [0.15, 0.2) is 42.7 Å². The van der Waals surface area contributed by atoms with Gasteiger partial charge in [0.15, 0.2) is 5.78 Å². The van der Waals surface area contributed by atoms with E-state index in [1.165, 1.54) is 12.1 Å². The SMILES string of the molecule is O=C(c1cn(CCO)c2nc(-c3cn[nH]c3Cl)ccc12)C1COc2ccc(F)cc2C1. The lowest BCUT2D eigenvalue weighted by Crippen LogP contribution is -2.28. The highest BCUT2D eigenvalue weighted by Crippen LogP contribution is 2.33. The molecule has 0 saturated carbocycles. The minimum Gasteiger partial charge on any atom is -0.493 e. The zero-order valence-electron chi connectivity index (χ0n) is 16.3. The summed E-state index contributed by atoms with van der Waals surface area (Å²) < 4.78 is 21.1. The van der Waals surface area contributed by atoms with Crippen molar-refractivity contribution in [2.45, 2.75) is 13.0 Å². The number of pyridine rings is 1. The van der Waals surface area contributed by atoms with Crippen LogP contribution in [0.3, 0.4) is 0 Å². The molecule has 0 aliphatic carbocycles. The smallest absolute Gasteiger partial charge is 0.171 e. The number of ketones is 1. The molecular formula is C22H18ClFN4O3. The molecule has 9 heteroatoms. The number of Topliss-reactive ketones (excluding diaryl/α,β-unsaturated/α-hetero) is 1. The summed E-state index contributed by atoms with van der Waals surface area (Å²) in [5.74, 6) is -0.293. The van der Waals surface area contributed by atoms with E-state index in [0.717, 1.165) is 0 Å². The van der Waals surface area contributed by atoms with E-state index in [9.17, 15) is 14.3 Å². The van der Waals surface area contributed by atoms with Gasteiger partial charge in [-0.3, -0.25) is 9.89 Å². The highest BCUT2D eigenvalue weighted by molar-refractivity contribution is 6.32. The Morgan fingerprint density at radius 1 is 1.35 bits per heavy atom. The first-order chi connectivity index (χ1) is 15.0. The number of H-pyrrole nitrogens is 1. The summed E-state index contributed by atoms with van der Waals surface area (Å²) in [5.41, 5.74) is 2.99. The average molecular weight is 441 g/mol. The maximum absolute atomic E-state index is 13.6. The number of hydrogen-bond acceptors (Lipinski definition) is 5. The number of aromatic amines is 1. The van der Waals surface area contributed by atoms with E-state index in [4.69, 9.17) is 16.3 Å². The van der Waals surface area contributed by atoms with Crippen molar-refractivity contribution in [2.24, 2.45) is 5.92 Å². The first kappa shape index (κ1) is 19.7. The largest absolute Gasteiger partial charge is 0.493 e. The number of carbonyl (C=O) groups is 1. The number of hydrogen-bond donors (Lipinski definition) is 2. The summed E-state index contributed by atoms with van der Waals surface area (Å²) in [7, 11) is 0. The molecule has 1 aliphatic rings. The molecule has 0 saturated heterocycles. The lowest BCUT2D eigenvalue weighted by atomic mass is 9.90. The number of rotatable bonds is 5. The van der Waals surface area contributed by atoms with Gasteiger partial charge in [0.25, 0.3) is 0 Å². The molecule has 0 radical (unpaired) electrons.